The maximum atomic E-state index is 12.3. The van der Waals surface area contributed by atoms with E-state index in [1.165, 1.54) is 13.2 Å². The first-order chi connectivity index (χ1) is 11.5. The zero-order chi connectivity index (χ0) is 17.3. The average molecular weight is 326 g/mol. The first-order valence-electron chi connectivity index (χ1n) is 7.56. The number of ether oxygens (including phenoxy) is 1. The molecule has 3 N–H and O–H groups in total. The zero-order valence-electron chi connectivity index (χ0n) is 13.2. The van der Waals surface area contributed by atoms with E-state index in [1.807, 2.05) is 12.1 Å². The highest BCUT2D eigenvalue weighted by molar-refractivity contribution is 5.97. The molecule has 24 heavy (non-hydrogen) atoms. The van der Waals surface area contributed by atoms with Crippen LogP contribution < -0.4 is 15.4 Å². The van der Waals surface area contributed by atoms with Crippen LogP contribution in [0.15, 0.2) is 42.5 Å². The number of nitrogens with zero attached hydrogens (tertiary/aromatic N) is 1. The van der Waals surface area contributed by atoms with Crippen molar-refractivity contribution in [2.45, 2.75) is 12.3 Å². The molecular weight excluding hydrogens is 308 g/mol. The first-order valence-corrected chi connectivity index (χ1v) is 7.56. The molecule has 124 valence electrons. The van der Waals surface area contributed by atoms with Gasteiger partial charge in [-0.1, -0.05) is 6.07 Å². The van der Waals surface area contributed by atoms with Crippen LogP contribution in [0.3, 0.4) is 0 Å². The van der Waals surface area contributed by atoms with E-state index in [1.54, 1.807) is 29.2 Å². The van der Waals surface area contributed by atoms with Crippen LogP contribution in [-0.2, 0) is 4.79 Å². The van der Waals surface area contributed by atoms with Crippen LogP contribution in [0.5, 0.6) is 5.75 Å². The van der Waals surface area contributed by atoms with E-state index in [-0.39, 0.29) is 17.4 Å². The number of hydrogen-bond acceptors (Lipinski definition) is 4. The summed E-state index contributed by atoms with van der Waals surface area (Å²) in [6.45, 7) is 0.540. The van der Waals surface area contributed by atoms with Crippen molar-refractivity contribution in [2.75, 3.05) is 24.3 Å². The van der Waals surface area contributed by atoms with Gasteiger partial charge in [0, 0.05) is 30.3 Å². The molecule has 0 aromatic heterocycles. The number of rotatable bonds is 4. The van der Waals surface area contributed by atoms with Gasteiger partial charge in [0.25, 0.3) is 0 Å². The summed E-state index contributed by atoms with van der Waals surface area (Å²) in [5.41, 5.74) is 8.15. The Morgan fingerprint density at radius 2 is 1.96 bits per heavy atom. The summed E-state index contributed by atoms with van der Waals surface area (Å²) in [5.74, 6) is -0.708. The monoisotopic (exact) mass is 326 g/mol. The summed E-state index contributed by atoms with van der Waals surface area (Å²) in [7, 11) is 1.44. The number of carboxylic acid groups (broad SMARTS) is 1. The van der Waals surface area contributed by atoms with Gasteiger partial charge in [-0.25, -0.2) is 4.79 Å². The fourth-order valence-corrected chi connectivity index (χ4v) is 2.97. The molecule has 6 heteroatoms. The molecule has 1 saturated heterocycles. The number of methoxy groups -OCH3 is 1. The number of amides is 1. The Kier molecular flexibility index (Phi) is 4.12. The fourth-order valence-electron chi connectivity index (χ4n) is 2.97. The molecule has 1 aliphatic rings. The lowest BCUT2D eigenvalue weighted by atomic mass is 9.96. The Hall–Kier alpha value is -3.02. The van der Waals surface area contributed by atoms with Crippen LogP contribution in [0.1, 0.15) is 28.3 Å². The number of nitrogens with two attached hydrogens (primary N) is 1. The number of carboxylic acids is 1. The van der Waals surface area contributed by atoms with E-state index in [0.29, 0.717) is 24.4 Å². The van der Waals surface area contributed by atoms with E-state index in [4.69, 9.17) is 15.6 Å². The minimum atomic E-state index is -1.04. The molecule has 2 aromatic rings. The van der Waals surface area contributed by atoms with Crippen molar-refractivity contribution in [2.24, 2.45) is 0 Å². The topological polar surface area (TPSA) is 92.9 Å². The number of carbonyl (C=O) groups is 2. The Morgan fingerprint density at radius 3 is 2.58 bits per heavy atom. The van der Waals surface area contributed by atoms with Crippen LogP contribution in [0.4, 0.5) is 11.4 Å². The SMILES string of the molecule is COc1cc(C2CC(=O)N(c3ccc(N)cc3)C2)ccc1C(=O)O. The summed E-state index contributed by atoms with van der Waals surface area (Å²) < 4.78 is 5.17. The van der Waals surface area contributed by atoms with Gasteiger partial charge in [-0.05, 0) is 42.0 Å². The highest BCUT2D eigenvalue weighted by Gasteiger charge is 2.32. The summed E-state index contributed by atoms with van der Waals surface area (Å²) in [6, 6.07) is 12.1. The second kappa shape index (κ2) is 6.23. The number of benzene rings is 2. The second-order valence-electron chi connectivity index (χ2n) is 5.76. The van der Waals surface area contributed by atoms with Gasteiger partial charge in [0.05, 0.1) is 7.11 Å². The van der Waals surface area contributed by atoms with Gasteiger partial charge in [-0.15, -0.1) is 0 Å². The van der Waals surface area contributed by atoms with E-state index in [2.05, 4.69) is 0 Å². The highest BCUT2D eigenvalue weighted by Crippen LogP contribution is 2.34. The Labute approximate surface area is 139 Å². The molecule has 0 saturated carbocycles. The average Bonchev–Trinajstić information content (AvgIpc) is 2.96. The molecule has 2 aromatic carbocycles. The number of carbonyl (C=O) groups excluding carboxylic acids is 1. The Bertz CT molecular complexity index is 786. The Balaban J connectivity index is 1.85. The van der Waals surface area contributed by atoms with Gasteiger partial charge < -0.3 is 20.5 Å². The van der Waals surface area contributed by atoms with Crippen molar-refractivity contribution in [3.8, 4) is 5.75 Å². The van der Waals surface area contributed by atoms with Crippen molar-refractivity contribution in [1.29, 1.82) is 0 Å². The normalized spacial score (nSPS) is 17.1. The van der Waals surface area contributed by atoms with Gasteiger partial charge in [0.1, 0.15) is 11.3 Å². The summed E-state index contributed by atoms with van der Waals surface area (Å²) in [6.07, 6.45) is 0.375. The van der Waals surface area contributed by atoms with Crippen molar-refractivity contribution >= 4 is 23.3 Å². The van der Waals surface area contributed by atoms with Crippen LogP contribution in [0.2, 0.25) is 0 Å². The third-order valence-corrected chi connectivity index (χ3v) is 4.26. The van der Waals surface area contributed by atoms with Gasteiger partial charge >= 0.3 is 5.97 Å². The highest BCUT2D eigenvalue weighted by atomic mass is 16.5. The van der Waals surface area contributed by atoms with Crippen LogP contribution >= 0.6 is 0 Å². The molecule has 1 heterocycles. The molecule has 0 bridgehead atoms. The van der Waals surface area contributed by atoms with Crippen LogP contribution in [-0.4, -0.2) is 30.6 Å². The number of hydrogen-bond donors (Lipinski definition) is 2. The van der Waals surface area contributed by atoms with E-state index < -0.39 is 5.97 Å². The fraction of sp³-hybridized carbons (Fsp3) is 0.222. The molecule has 1 aliphatic heterocycles. The van der Waals surface area contributed by atoms with Crippen LogP contribution in [0, 0.1) is 0 Å². The smallest absolute Gasteiger partial charge is 0.339 e. The molecule has 0 aliphatic carbocycles. The minimum absolute atomic E-state index is 0.00759. The van der Waals surface area contributed by atoms with Crippen molar-refractivity contribution in [1.82, 2.24) is 0 Å². The third-order valence-electron chi connectivity index (χ3n) is 4.26. The first kappa shape index (κ1) is 15.9. The molecule has 6 nitrogen and oxygen atoms in total. The molecule has 1 atom stereocenters. The summed E-state index contributed by atoms with van der Waals surface area (Å²) in [4.78, 5) is 25.2. The summed E-state index contributed by atoms with van der Waals surface area (Å²) >= 11 is 0. The largest absolute Gasteiger partial charge is 0.496 e. The molecule has 1 fully saturated rings. The predicted octanol–water partition coefficient (Wildman–Crippen LogP) is 2.50. The van der Waals surface area contributed by atoms with Gasteiger partial charge in [0.15, 0.2) is 0 Å². The van der Waals surface area contributed by atoms with E-state index >= 15 is 0 Å². The molecule has 0 radical (unpaired) electrons. The predicted molar refractivity (Wildman–Crippen MR) is 90.5 cm³/mol. The number of nitrogen functional groups attached to an aromatic ring is 1. The summed E-state index contributed by atoms with van der Waals surface area (Å²) in [5, 5.41) is 9.16. The van der Waals surface area contributed by atoms with E-state index in [9.17, 15) is 9.59 Å². The molecule has 1 amide bonds. The maximum absolute atomic E-state index is 12.3. The zero-order valence-corrected chi connectivity index (χ0v) is 13.2. The van der Waals surface area contributed by atoms with Crippen molar-refractivity contribution < 1.29 is 19.4 Å². The van der Waals surface area contributed by atoms with Crippen molar-refractivity contribution in [3.05, 3.63) is 53.6 Å². The third kappa shape index (κ3) is 2.90. The number of anilines is 2. The van der Waals surface area contributed by atoms with Gasteiger partial charge in [0.2, 0.25) is 5.91 Å². The lowest BCUT2D eigenvalue weighted by molar-refractivity contribution is -0.117. The van der Waals surface area contributed by atoms with Crippen LogP contribution in [0.25, 0.3) is 0 Å². The molecular formula is C18H18N2O4. The van der Waals surface area contributed by atoms with Gasteiger partial charge in [-0.2, -0.15) is 0 Å². The molecule has 0 spiro atoms. The number of aromatic carboxylic acids is 1. The maximum Gasteiger partial charge on any atom is 0.339 e. The quantitative estimate of drug-likeness (QED) is 0.842. The standard InChI is InChI=1S/C18H18N2O4/c1-24-16-8-11(2-7-15(16)18(22)23)12-9-17(21)20(10-12)14-5-3-13(19)4-6-14/h2-8,12H,9-10,19H2,1H3,(H,22,23). The van der Waals surface area contributed by atoms with Gasteiger partial charge in [-0.3, -0.25) is 4.79 Å². The minimum Gasteiger partial charge on any atom is -0.496 e. The molecule has 3 rings (SSSR count). The van der Waals surface area contributed by atoms with E-state index in [0.717, 1.165) is 11.3 Å². The lowest BCUT2D eigenvalue weighted by Gasteiger charge is -2.17. The molecule has 1 unspecified atom stereocenters. The van der Waals surface area contributed by atoms with Crippen molar-refractivity contribution in [3.63, 3.8) is 0 Å². The Morgan fingerprint density at radius 1 is 1.25 bits per heavy atom. The lowest BCUT2D eigenvalue weighted by Crippen LogP contribution is -2.24. The second-order valence-corrected chi connectivity index (χ2v) is 5.76.